The number of hydrogen-bond acceptors (Lipinski definition) is 5. The van der Waals surface area contributed by atoms with E-state index in [2.05, 4.69) is 15.3 Å². The fourth-order valence-corrected chi connectivity index (χ4v) is 3.22. The van der Waals surface area contributed by atoms with E-state index in [0.29, 0.717) is 0 Å². The summed E-state index contributed by atoms with van der Waals surface area (Å²) in [5.74, 6) is 0.371. The van der Waals surface area contributed by atoms with Crippen LogP contribution in [0.4, 0.5) is 0 Å². The average molecular weight is 227 g/mol. The predicted octanol–water partition coefficient (Wildman–Crippen LogP) is -0.140. The van der Waals surface area contributed by atoms with Crippen LogP contribution in [0, 0.1) is 5.92 Å². The van der Waals surface area contributed by atoms with Gasteiger partial charge in [-0.25, -0.2) is 13.4 Å². The maximum absolute atomic E-state index is 11.9. The van der Waals surface area contributed by atoms with Crippen molar-refractivity contribution in [3.8, 4) is 0 Å². The Balaban J connectivity index is 2.13. The lowest BCUT2D eigenvalue weighted by Gasteiger charge is -2.07. The molecule has 0 aliphatic carbocycles. The molecular formula is C9H13N3O2S. The van der Waals surface area contributed by atoms with Crippen LogP contribution in [0.5, 0.6) is 0 Å². The van der Waals surface area contributed by atoms with Gasteiger partial charge >= 0.3 is 0 Å². The summed E-state index contributed by atoms with van der Waals surface area (Å²) in [6.07, 6.45) is 5.09. The average Bonchev–Trinajstić information content (AvgIpc) is 2.71. The molecule has 1 aliphatic rings. The van der Waals surface area contributed by atoms with E-state index in [4.69, 9.17) is 0 Å². The summed E-state index contributed by atoms with van der Waals surface area (Å²) >= 11 is 0. The van der Waals surface area contributed by atoms with Crippen LogP contribution in [-0.2, 0) is 9.84 Å². The van der Waals surface area contributed by atoms with Crippen LogP contribution in [0.25, 0.3) is 0 Å². The normalized spacial score (nSPS) is 21.7. The molecule has 1 N–H and O–H groups in total. The summed E-state index contributed by atoms with van der Waals surface area (Å²) in [6, 6.07) is 0. The van der Waals surface area contributed by atoms with Crippen molar-refractivity contribution in [2.45, 2.75) is 11.4 Å². The van der Waals surface area contributed by atoms with Crippen molar-refractivity contribution in [3.05, 3.63) is 18.6 Å². The standard InChI is InChI=1S/C9H13N3O2S/c13-15(14,7-8-1-2-10-5-8)9-6-11-3-4-12-9/h3-4,6,8,10H,1-2,5,7H2/t8-/m1/s1. The molecule has 1 aromatic rings. The minimum Gasteiger partial charge on any atom is -0.316 e. The summed E-state index contributed by atoms with van der Waals surface area (Å²) in [5.41, 5.74) is 0. The van der Waals surface area contributed by atoms with Crippen molar-refractivity contribution < 1.29 is 8.42 Å². The Morgan fingerprint density at radius 3 is 2.93 bits per heavy atom. The van der Waals surface area contributed by atoms with Crippen molar-refractivity contribution in [3.63, 3.8) is 0 Å². The summed E-state index contributed by atoms with van der Waals surface area (Å²) < 4.78 is 23.7. The second kappa shape index (κ2) is 4.24. The van der Waals surface area contributed by atoms with E-state index in [9.17, 15) is 8.42 Å². The molecule has 6 heteroatoms. The largest absolute Gasteiger partial charge is 0.316 e. The molecule has 0 unspecified atom stereocenters. The topological polar surface area (TPSA) is 72.0 Å². The van der Waals surface area contributed by atoms with Gasteiger partial charge in [0, 0.05) is 12.4 Å². The Hall–Kier alpha value is -1.01. The monoisotopic (exact) mass is 227 g/mol. The van der Waals surface area contributed by atoms with E-state index in [-0.39, 0.29) is 16.7 Å². The van der Waals surface area contributed by atoms with Gasteiger partial charge < -0.3 is 5.32 Å². The Morgan fingerprint density at radius 2 is 2.33 bits per heavy atom. The molecule has 15 heavy (non-hydrogen) atoms. The number of aromatic nitrogens is 2. The Kier molecular flexibility index (Phi) is 2.97. The van der Waals surface area contributed by atoms with Crippen LogP contribution in [0.1, 0.15) is 6.42 Å². The molecule has 0 saturated carbocycles. The smallest absolute Gasteiger partial charge is 0.197 e. The first-order valence-corrected chi connectivity index (χ1v) is 6.53. The van der Waals surface area contributed by atoms with E-state index in [0.717, 1.165) is 19.5 Å². The van der Waals surface area contributed by atoms with Gasteiger partial charge in [0.1, 0.15) is 0 Å². The maximum Gasteiger partial charge on any atom is 0.197 e. The second-order valence-corrected chi connectivity index (χ2v) is 5.66. The molecule has 1 atom stereocenters. The van der Waals surface area contributed by atoms with Gasteiger partial charge in [0.05, 0.1) is 11.9 Å². The molecule has 5 nitrogen and oxygen atoms in total. The zero-order valence-electron chi connectivity index (χ0n) is 8.26. The van der Waals surface area contributed by atoms with Gasteiger partial charge in [-0.2, -0.15) is 0 Å². The highest BCUT2D eigenvalue weighted by molar-refractivity contribution is 7.91. The third kappa shape index (κ3) is 2.51. The highest BCUT2D eigenvalue weighted by atomic mass is 32.2. The second-order valence-electron chi connectivity index (χ2n) is 3.68. The summed E-state index contributed by atoms with van der Waals surface area (Å²) in [4.78, 5) is 7.59. The molecular weight excluding hydrogens is 214 g/mol. The highest BCUT2D eigenvalue weighted by Gasteiger charge is 2.24. The SMILES string of the molecule is O=S(=O)(C[C@@H]1CCNC1)c1cnccn1. The maximum atomic E-state index is 11.9. The first-order valence-electron chi connectivity index (χ1n) is 4.88. The first-order chi connectivity index (χ1) is 7.18. The molecule has 1 aromatic heterocycles. The van der Waals surface area contributed by atoms with Crippen molar-refractivity contribution >= 4 is 9.84 Å². The molecule has 1 fully saturated rings. The molecule has 1 saturated heterocycles. The fraction of sp³-hybridized carbons (Fsp3) is 0.556. The summed E-state index contributed by atoms with van der Waals surface area (Å²) in [6.45, 7) is 1.68. The minimum absolute atomic E-state index is 0.0805. The van der Waals surface area contributed by atoms with Gasteiger partial charge in [-0.1, -0.05) is 0 Å². The predicted molar refractivity (Wildman–Crippen MR) is 55.1 cm³/mol. The number of sulfone groups is 1. The number of nitrogens with zero attached hydrogens (tertiary/aromatic N) is 2. The lowest BCUT2D eigenvalue weighted by Crippen LogP contribution is -2.19. The van der Waals surface area contributed by atoms with Gasteiger partial charge in [-0.05, 0) is 25.4 Å². The lowest BCUT2D eigenvalue weighted by atomic mass is 10.2. The Bertz CT molecular complexity index is 412. The van der Waals surface area contributed by atoms with Crippen LogP contribution in [0.3, 0.4) is 0 Å². The molecule has 0 aromatic carbocycles. The molecule has 2 heterocycles. The molecule has 0 radical (unpaired) electrons. The molecule has 2 rings (SSSR count). The van der Waals surface area contributed by atoms with E-state index in [1.54, 1.807) is 0 Å². The van der Waals surface area contributed by atoms with Crippen LogP contribution >= 0.6 is 0 Å². The number of rotatable bonds is 3. The van der Waals surface area contributed by atoms with Gasteiger partial charge in [-0.3, -0.25) is 4.98 Å². The molecule has 0 bridgehead atoms. The van der Waals surface area contributed by atoms with Crippen LogP contribution in [-0.4, -0.2) is 37.2 Å². The zero-order valence-corrected chi connectivity index (χ0v) is 9.07. The zero-order chi connectivity index (χ0) is 10.7. The van der Waals surface area contributed by atoms with E-state index in [1.165, 1.54) is 18.6 Å². The van der Waals surface area contributed by atoms with Gasteiger partial charge in [0.15, 0.2) is 14.9 Å². The van der Waals surface area contributed by atoms with Crippen molar-refractivity contribution in [1.82, 2.24) is 15.3 Å². The van der Waals surface area contributed by atoms with Crippen molar-refractivity contribution in [1.29, 1.82) is 0 Å². The molecule has 1 aliphatic heterocycles. The van der Waals surface area contributed by atoms with Crippen LogP contribution < -0.4 is 5.32 Å². The minimum atomic E-state index is -3.26. The van der Waals surface area contributed by atoms with Crippen LogP contribution in [0.15, 0.2) is 23.6 Å². The van der Waals surface area contributed by atoms with Crippen molar-refractivity contribution in [2.24, 2.45) is 5.92 Å². The summed E-state index contributed by atoms with van der Waals surface area (Å²) in [7, 11) is -3.26. The van der Waals surface area contributed by atoms with Crippen molar-refractivity contribution in [2.75, 3.05) is 18.8 Å². The molecule has 82 valence electrons. The Labute approximate surface area is 88.9 Å². The van der Waals surface area contributed by atoms with E-state index < -0.39 is 9.84 Å². The quantitative estimate of drug-likeness (QED) is 0.778. The molecule has 0 spiro atoms. The number of hydrogen-bond donors (Lipinski definition) is 1. The van der Waals surface area contributed by atoms with Gasteiger partial charge in [0.2, 0.25) is 0 Å². The van der Waals surface area contributed by atoms with E-state index in [1.807, 2.05) is 0 Å². The summed E-state index contributed by atoms with van der Waals surface area (Å²) in [5, 5.41) is 3.23. The third-order valence-corrected chi connectivity index (χ3v) is 4.23. The Morgan fingerprint density at radius 1 is 1.47 bits per heavy atom. The first kappa shape index (κ1) is 10.5. The highest BCUT2D eigenvalue weighted by Crippen LogP contribution is 2.15. The van der Waals surface area contributed by atoms with E-state index >= 15 is 0 Å². The van der Waals surface area contributed by atoms with Gasteiger partial charge in [0.25, 0.3) is 0 Å². The molecule has 0 amide bonds. The fourth-order valence-electron chi connectivity index (χ4n) is 1.70. The van der Waals surface area contributed by atoms with Crippen LogP contribution in [0.2, 0.25) is 0 Å². The number of nitrogens with one attached hydrogen (secondary N) is 1. The lowest BCUT2D eigenvalue weighted by molar-refractivity contribution is 0.566. The van der Waals surface area contributed by atoms with Gasteiger partial charge in [-0.15, -0.1) is 0 Å². The third-order valence-electron chi connectivity index (χ3n) is 2.48.